The Morgan fingerprint density at radius 2 is 1.96 bits per heavy atom. The van der Waals surface area contributed by atoms with Crippen LogP contribution in [0.25, 0.3) is 10.9 Å². The monoisotopic (exact) mass is 373 g/mol. The maximum atomic E-state index is 12.2. The molecule has 3 heterocycles. The van der Waals surface area contributed by atoms with E-state index in [1.807, 2.05) is 13.0 Å². The van der Waals surface area contributed by atoms with E-state index in [9.17, 15) is 13.2 Å². The summed E-state index contributed by atoms with van der Waals surface area (Å²) < 4.78 is 24.5. The van der Waals surface area contributed by atoms with E-state index in [2.05, 4.69) is 28.1 Å². The third kappa shape index (κ3) is 2.99. The lowest BCUT2D eigenvalue weighted by Gasteiger charge is -2.43. The summed E-state index contributed by atoms with van der Waals surface area (Å²) in [5, 5.41) is 1.11. The third-order valence-electron chi connectivity index (χ3n) is 5.63. The van der Waals surface area contributed by atoms with Gasteiger partial charge in [-0.25, -0.2) is 8.42 Å². The number of aromatic nitrogens is 1. The predicted molar refractivity (Wildman–Crippen MR) is 101 cm³/mol. The zero-order chi connectivity index (χ0) is 18.5. The van der Waals surface area contributed by atoms with Crippen molar-refractivity contribution in [2.75, 3.05) is 24.6 Å². The van der Waals surface area contributed by atoms with E-state index < -0.39 is 9.84 Å². The van der Waals surface area contributed by atoms with Crippen molar-refractivity contribution in [3.63, 3.8) is 0 Å². The SMILES string of the molecule is CC(=O)N1CCN(Cc2ccc(C)c3ncccc23)[C@H]2CS(=O)(=O)C[C@H]21. The minimum Gasteiger partial charge on any atom is -0.336 e. The van der Waals surface area contributed by atoms with Crippen LogP contribution in [0.2, 0.25) is 0 Å². The van der Waals surface area contributed by atoms with Gasteiger partial charge >= 0.3 is 0 Å². The standard InChI is InChI=1S/C19H23N3O3S/c1-13-5-6-15(16-4-3-7-20-19(13)16)10-21-8-9-22(14(2)23)18-12-26(24,25)11-17(18)21/h3-7,17-18H,8-12H2,1-2H3/t17-,18+/m0/s1. The molecule has 2 atom stereocenters. The van der Waals surface area contributed by atoms with Gasteiger partial charge in [-0.15, -0.1) is 0 Å². The van der Waals surface area contributed by atoms with E-state index in [0.717, 1.165) is 22.0 Å². The number of rotatable bonds is 2. The van der Waals surface area contributed by atoms with Crippen LogP contribution in [0.3, 0.4) is 0 Å². The van der Waals surface area contributed by atoms with Crippen LogP contribution < -0.4 is 0 Å². The minimum atomic E-state index is -3.12. The van der Waals surface area contributed by atoms with Gasteiger partial charge in [0.15, 0.2) is 9.84 Å². The molecule has 1 aromatic carbocycles. The van der Waals surface area contributed by atoms with Crippen molar-refractivity contribution < 1.29 is 13.2 Å². The summed E-state index contributed by atoms with van der Waals surface area (Å²) in [4.78, 5) is 20.4. The Morgan fingerprint density at radius 3 is 2.73 bits per heavy atom. The van der Waals surface area contributed by atoms with Gasteiger partial charge in [0, 0.05) is 44.2 Å². The number of benzene rings is 1. The highest BCUT2D eigenvalue weighted by molar-refractivity contribution is 7.91. The first-order valence-corrected chi connectivity index (χ1v) is 10.7. The number of pyridine rings is 1. The van der Waals surface area contributed by atoms with Crippen LogP contribution in [0.4, 0.5) is 0 Å². The number of amides is 1. The van der Waals surface area contributed by atoms with Crippen LogP contribution in [0.15, 0.2) is 30.5 Å². The fourth-order valence-electron chi connectivity index (χ4n) is 4.34. The second-order valence-electron chi connectivity index (χ2n) is 7.34. The normalized spacial score (nSPS) is 25.4. The highest BCUT2D eigenvalue weighted by Crippen LogP contribution is 2.30. The van der Waals surface area contributed by atoms with E-state index in [1.165, 1.54) is 6.92 Å². The zero-order valence-corrected chi connectivity index (χ0v) is 15.9. The van der Waals surface area contributed by atoms with E-state index in [-0.39, 0.29) is 29.5 Å². The molecule has 0 N–H and O–H groups in total. The number of aryl methyl sites for hydroxylation is 1. The number of carbonyl (C=O) groups excluding carboxylic acids is 1. The predicted octanol–water partition coefficient (Wildman–Crippen LogP) is 1.37. The molecule has 0 radical (unpaired) electrons. The molecule has 0 bridgehead atoms. The topological polar surface area (TPSA) is 70.6 Å². The summed E-state index contributed by atoms with van der Waals surface area (Å²) in [5.74, 6) is 0.162. The maximum absolute atomic E-state index is 12.2. The second kappa shape index (κ2) is 6.32. The molecule has 0 aliphatic carbocycles. The Balaban J connectivity index is 1.67. The molecule has 6 nitrogen and oxygen atoms in total. The largest absolute Gasteiger partial charge is 0.336 e. The van der Waals surface area contributed by atoms with Crippen molar-refractivity contribution in [2.45, 2.75) is 32.5 Å². The first-order chi connectivity index (χ1) is 12.4. The van der Waals surface area contributed by atoms with Crippen molar-refractivity contribution in [3.8, 4) is 0 Å². The summed E-state index contributed by atoms with van der Waals surface area (Å²) >= 11 is 0. The number of nitrogens with zero attached hydrogens (tertiary/aromatic N) is 3. The van der Waals surface area contributed by atoms with Gasteiger partial charge in [0.25, 0.3) is 0 Å². The van der Waals surface area contributed by atoms with Crippen LogP contribution >= 0.6 is 0 Å². The molecule has 1 aromatic heterocycles. The van der Waals surface area contributed by atoms with Crippen LogP contribution in [0.1, 0.15) is 18.1 Å². The number of hydrogen-bond donors (Lipinski definition) is 0. The first kappa shape index (κ1) is 17.4. The smallest absolute Gasteiger partial charge is 0.219 e. The number of piperazine rings is 1. The van der Waals surface area contributed by atoms with Gasteiger partial charge in [0.1, 0.15) is 0 Å². The Bertz CT molecular complexity index is 973. The fourth-order valence-corrected chi connectivity index (χ4v) is 6.35. The molecule has 0 saturated carbocycles. The molecule has 4 rings (SSSR count). The second-order valence-corrected chi connectivity index (χ2v) is 9.49. The Kier molecular flexibility index (Phi) is 4.23. The molecule has 2 fully saturated rings. The number of hydrogen-bond acceptors (Lipinski definition) is 5. The summed E-state index contributed by atoms with van der Waals surface area (Å²) in [5.41, 5.74) is 3.27. The highest BCUT2D eigenvalue weighted by Gasteiger charge is 2.47. The summed E-state index contributed by atoms with van der Waals surface area (Å²) in [7, 11) is -3.12. The molecule has 2 aliphatic heterocycles. The number of fused-ring (bicyclic) bond motifs is 2. The molecule has 1 amide bonds. The Hall–Kier alpha value is -1.99. The number of sulfone groups is 1. The summed E-state index contributed by atoms with van der Waals surface area (Å²) in [6.45, 7) is 5.51. The minimum absolute atomic E-state index is 0.0401. The summed E-state index contributed by atoms with van der Waals surface area (Å²) in [6, 6.07) is 7.81. The molecule has 2 saturated heterocycles. The average Bonchev–Trinajstić information content (AvgIpc) is 2.92. The van der Waals surface area contributed by atoms with Gasteiger partial charge in [-0.3, -0.25) is 14.7 Å². The van der Waals surface area contributed by atoms with Gasteiger partial charge in [-0.2, -0.15) is 0 Å². The van der Waals surface area contributed by atoms with Crippen molar-refractivity contribution in [1.29, 1.82) is 0 Å². The third-order valence-corrected chi connectivity index (χ3v) is 7.33. The van der Waals surface area contributed by atoms with Gasteiger partial charge in [-0.05, 0) is 24.1 Å². The van der Waals surface area contributed by atoms with Gasteiger partial charge in [-0.1, -0.05) is 18.2 Å². The van der Waals surface area contributed by atoms with Crippen molar-refractivity contribution in [3.05, 3.63) is 41.6 Å². The van der Waals surface area contributed by atoms with Gasteiger partial charge in [0.2, 0.25) is 5.91 Å². The zero-order valence-electron chi connectivity index (χ0n) is 15.1. The molecule has 0 unspecified atom stereocenters. The van der Waals surface area contributed by atoms with E-state index in [4.69, 9.17) is 0 Å². The molecule has 138 valence electrons. The molecular weight excluding hydrogens is 350 g/mol. The van der Waals surface area contributed by atoms with Gasteiger partial charge in [0.05, 0.1) is 23.1 Å². The maximum Gasteiger partial charge on any atom is 0.219 e. The Labute approximate surface area is 153 Å². The van der Waals surface area contributed by atoms with E-state index in [1.54, 1.807) is 11.1 Å². The number of carbonyl (C=O) groups is 1. The fraction of sp³-hybridized carbons (Fsp3) is 0.474. The molecular formula is C19H23N3O3S. The molecule has 0 spiro atoms. The van der Waals surface area contributed by atoms with Crippen molar-refractivity contribution >= 4 is 26.6 Å². The molecule has 26 heavy (non-hydrogen) atoms. The van der Waals surface area contributed by atoms with E-state index in [0.29, 0.717) is 19.6 Å². The molecule has 2 aromatic rings. The van der Waals surface area contributed by atoms with Crippen molar-refractivity contribution in [1.82, 2.24) is 14.8 Å². The molecule has 7 heteroatoms. The lowest BCUT2D eigenvalue weighted by molar-refractivity contribution is -0.134. The van der Waals surface area contributed by atoms with Crippen LogP contribution in [-0.2, 0) is 21.2 Å². The quantitative estimate of drug-likeness (QED) is 0.795. The highest BCUT2D eigenvalue weighted by atomic mass is 32.2. The average molecular weight is 373 g/mol. The van der Waals surface area contributed by atoms with Gasteiger partial charge < -0.3 is 4.90 Å². The van der Waals surface area contributed by atoms with Crippen molar-refractivity contribution in [2.24, 2.45) is 0 Å². The van der Waals surface area contributed by atoms with E-state index >= 15 is 0 Å². The summed E-state index contributed by atoms with van der Waals surface area (Å²) in [6.07, 6.45) is 1.80. The lowest BCUT2D eigenvalue weighted by Crippen LogP contribution is -2.59. The van der Waals surface area contributed by atoms with Crippen LogP contribution in [0.5, 0.6) is 0 Å². The first-order valence-electron chi connectivity index (χ1n) is 8.90. The van der Waals surface area contributed by atoms with Crippen LogP contribution in [0, 0.1) is 6.92 Å². The molecule has 2 aliphatic rings. The Morgan fingerprint density at radius 1 is 1.19 bits per heavy atom. The lowest BCUT2D eigenvalue weighted by atomic mass is 10.0. The van der Waals surface area contributed by atoms with Crippen LogP contribution in [-0.4, -0.2) is 65.8 Å².